The Morgan fingerprint density at radius 1 is 1.17 bits per heavy atom. The number of carboxylic acid groups (broad SMARTS) is 1. The van der Waals surface area contributed by atoms with E-state index in [1.165, 1.54) is 71.1 Å². The highest BCUT2D eigenvalue weighted by Gasteiger charge is 2.19. The first-order chi connectivity index (χ1) is 8.57. The highest BCUT2D eigenvalue weighted by Crippen LogP contribution is 2.34. The fraction of sp³-hybridized carbons (Fsp3) is 0.933. The van der Waals surface area contributed by atoms with Crippen LogP contribution in [0.15, 0.2) is 0 Å². The van der Waals surface area contributed by atoms with E-state index in [4.69, 9.17) is 5.11 Å². The van der Waals surface area contributed by atoms with Gasteiger partial charge in [-0.15, -0.1) is 0 Å². The molecule has 3 heteroatoms. The number of hydrogen-bond donors (Lipinski definition) is 2. The summed E-state index contributed by atoms with van der Waals surface area (Å²) in [6.07, 6.45) is 14.9. The van der Waals surface area contributed by atoms with E-state index in [9.17, 15) is 4.79 Å². The first-order valence-electron chi connectivity index (χ1n) is 7.48. The molecule has 1 fully saturated rings. The second kappa shape index (κ2) is 11.9. The minimum absolute atomic E-state index is 0.537. The summed E-state index contributed by atoms with van der Waals surface area (Å²) in [5.41, 5.74) is 0. The minimum atomic E-state index is -0.877. The molecule has 1 N–H and O–H groups in total. The Hall–Kier alpha value is -0.180. The molecule has 1 unspecified atom stereocenters. The predicted octanol–water partition coefficient (Wildman–Crippen LogP) is 4.93. The lowest BCUT2D eigenvalue weighted by Gasteiger charge is -1.99. The summed E-state index contributed by atoms with van der Waals surface area (Å²) >= 11 is 3.59. The van der Waals surface area contributed by atoms with Crippen molar-refractivity contribution in [3.05, 3.63) is 0 Å². The summed E-state index contributed by atoms with van der Waals surface area (Å²) in [5.74, 6) is 0.277. The normalized spacial score (nSPS) is 15.7. The predicted molar refractivity (Wildman–Crippen MR) is 81.4 cm³/mol. The number of rotatable bonds is 9. The third kappa shape index (κ3) is 13.9. The molecule has 108 valence electrons. The van der Waals surface area contributed by atoms with E-state index in [-0.39, 0.29) is 0 Å². The van der Waals surface area contributed by atoms with Gasteiger partial charge in [-0.25, -0.2) is 0 Å². The molecule has 0 aromatic heterocycles. The quantitative estimate of drug-likeness (QED) is 0.462. The van der Waals surface area contributed by atoms with Crippen LogP contribution < -0.4 is 0 Å². The third-order valence-electron chi connectivity index (χ3n) is 3.27. The zero-order valence-electron chi connectivity index (χ0n) is 12.0. The van der Waals surface area contributed by atoms with Crippen molar-refractivity contribution in [2.45, 2.75) is 83.3 Å². The number of carboxylic acids is 1. The summed E-state index contributed by atoms with van der Waals surface area (Å²) in [6, 6.07) is 0. The smallest absolute Gasteiger partial charge is 0.316 e. The highest BCUT2D eigenvalue weighted by molar-refractivity contribution is 7.81. The maximum absolute atomic E-state index is 9.62. The molecule has 0 bridgehead atoms. The molecule has 0 amide bonds. The van der Waals surface area contributed by atoms with Gasteiger partial charge < -0.3 is 5.11 Å². The van der Waals surface area contributed by atoms with E-state index < -0.39 is 11.2 Å². The first-order valence-corrected chi connectivity index (χ1v) is 8.00. The molecular formula is C15H30O2S. The van der Waals surface area contributed by atoms with Crippen molar-refractivity contribution in [1.82, 2.24) is 0 Å². The van der Waals surface area contributed by atoms with E-state index >= 15 is 0 Å². The molecule has 18 heavy (non-hydrogen) atoms. The first kappa shape index (κ1) is 17.8. The molecular weight excluding hydrogens is 244 g/mol. The van der Waals surface area contributed by atoms with Gasteiger partial charge in [0.15, 0.2) is 0 Å². The van der Waals surface area contributed by atoms with Crippen LogP contribution in [-0.4, -0.2) is 16.3 Å². The number of aliphatic carboxylic acids is 1. The lowest BCUT2D eigenvalue weighted by atomic mass is 10.1. The molecule has 1 saturated carbocycles. The number of hydrogen-bond acceptors (Lipinski definition) is 2. The maximum atomic E-state index is 9.62. The van der Waals surface area contributed by atoms with Gasteiger partial charge in [0.05, 0.1) is 5.25 Å². The van der Waals surface area contributed by atoms with Gasteiger partial charge in [0.1, 0.15) is 0 Å². The van der Waals surface area contributed by atoms with E-state index in [2.05, 4.69) is 19.6 Å². The Morgan fingerprint density at radius 2 is 1.61 bits per heavy atom. The summed E-state index contributed by atoms with van der Waals surface area (Å²) in [7, 11) is 0. The lowest BCUT2D eigenvalue weighted by molar-refractivity contribution is -0.136. The molecule has 0 aliphatic heterocycles. The molecule has 0 radical (unpaired) electrons. The lowest BCUT2D eigenvalue weighted by Crippen LogP contribution is -2.06. The van der Waals surface area contributed by atoms with Gasteiger partial charge in [-0.1, -0.05) is 71.1 Å². The average molecular weight is 274 g/mol. The van der Waals surface area contributed by atoms with Crippen LogP contribution >= 0.6 is 12.6 Å². The zero-order valence-corrected chi connectivity index (χ0v) is 12.9. The Balaban J connectivity index is 0.000000411. The van der Waals surface area contributed by atoms with Gasteiger partial charge in [-0.2, -0.15) is 12.6 Å². The molecule has 0 heterocycles. The van der Waals surface area contributed by atoms with Crippen LogP contribution in [0.3, 0.4) is 0 Å². The second-order valence-corrected chi connectivity index (χ2v) is 6.14. The van der Waals surface area contributed by atoms with Crippen LogP contribution in [0.4, 0.5) is 0 Å². The van der Waals surface area contributed by atoms with Gasteiger partial charge in [0.2, 0.25) is 0 Å². The molecule has 2 nitrogen and oxygen atoms in total. The van der Waals surface area contributed by atoms with Crippen molar-refractivity contribution in [2.24, 2.45) is 5.92 Å². The van der Waals surface area contributed by atoms with Gasteiger partial charge in [-0.05, 0) is 12.8 Å². The van der Waals surface area contributed by atoms with Crippen molar-refractivity contribution < 1.29 is 9.90 Å². The van der Waals surface area contributed by atoms with Crippen molar-refractivity contribution >= 4 is 18.6 Å². The maximum Gasteiger partial charge on any atom is 0.316 e. The summed E-state index contributed by atoms with van der Waals surface area (Å²) in [6.45, 7) is 3.79. The summed E-state index contributed by atoms with van der Waals surface area (Å²) in [4.78, 5) is 9.62. The Labute approximate surface area is 118 Å². The highest BCUT2D eigenvalue weighted by atomic mass is 32.1. The zero-order chi connectivity index (χ0) is 13.8. The fourth-order valence-electron chi connectivity index (χ4n) is 1.80. The molecule has 0 aromatic carbocycles. The van der Waals surface area contributed by atoms with Gasteiger partial charge >= 0.3 is 5.97 Å². The number of unbranched alkanes of at least 4 members (excludes halogenated alkanes) is 6. The third-order valence-corrected chi connectivity index (χ3v) is 3.49. The molecule has 1 atom stereocenters. The molecule has 0 spiro atoms. The van der Waals surface area contributed by atoms with Crippen LogP contribution in [0.25, 0.3) is 0 Å². The molecule has 1 aliphatic carbocycles. The molecule has 1 rings (SSSR count). The van der Waals surface area contributed by atoms with Crippen LogP contribution in [0.5, 0.6) is 0 Å². The van der Waals surface area contributed by atoms with Crippen LogP contribution in [0.1, 0.15) is 78.1 Å². The van der Waals surface area contributed by atoms with Crippen molar-refractivity contribution in [2.75, 3.05) is 0 Å². The van der Waals surface area contributed by atoms with Crippen LogP contribution in [0, 0.1) is 5.92 Å². The molecule has 0 saturated heterocycles. The van der Waals surface area contributed by atoms with Crippen LogP contribution in [0.2, 0.25) is 0 Å². The minimum Gasteiger partial charge on any atom is -0.480 e. The van der Waals surface area contributed by atoms with E-state index in [1.54, 1.807) is 0 Å². The molecule has 0 aromatic rings. The van der Waals surface area contributed by atoms with Gasteiger partial charge in [0, 0.05) is 0 Å². The van der Waals surface area contributed by atoms with Gasteiger partial charge in [-0.3, -0.25) is 4.79 Å². The molecule has 1 aliphatic rings. The second-order valence-electron chi connectivity index (χ2n) is 5.37. The van der Waals surface area contributed by atoms with E-state index in [0.29, 0.717) is 0 Å². The number of thiol groups is 1. The monoisotopic (exact) mass is 274 g/mol. The van der Waals surface area contributed by atoms with E-state index in [0.717, 1.165) is 5.92 Å². The van der Waals surface area contributed by atoms with Crippen LogP contribution in [-0.2, 0) is 4.79 Å². The average Bonchev–Trinajstić information content (AvgIpc) is 3.12. The van der Waals surface area contributed by atoms with Crippen molar-refractivity contribution in [3.8, 4) is 0 Å². The Morgan fingerprint density at radius 3 is 2.00 bits per heavy atom. The Bertz CT molecular complexity index is 201. The van der Waals surface area contributed by atoms with Crippen molar-refractivity contribution in [3.63, 3.8) is 0 Å². The summed E-state index contributed by atoms with van der Waals surface area (Å²) < 4.78 is 0. The van der Waals surface area contributed by atoms with Crippen molar-refractivity contribution in [1.29, 1.82) is 0 Å². The fourth-order valence-corrected chi connectivity index (χ4v) is 1.80. The Kier molecular flexibility index (Phi) is 11.8. The summed E-state index contributed by atoms with van der Waals surface area (Å²) in [5, 5.41) is 7.38. The largest absolute Gasteiger partial charge is 0.480 e. The standard InChI is InChI=1S/C12H24.C3H6O2S/c1-2-3-4-5-6-7-8-9-12-10-11-12;1-2(6)3(4)5/h12H,2-11H2,1H3;2,6H,1H3,(H,4,5). The topological polar surface area (TPSA) is 37.3 Å². The van der Waals surface area contributed by atoms with E-state index in [1.807, 2.05) is 0 Å². The number of carbonyl (C=O) groups is 1. The van der Waals surface area contributed by atoms with Gasteiger partial charge in [0.25, 0.3) is 0 Å². The SMILES string of the molecule is CC(S)C(=O)O.CCCCCCCCCC1CC1.